The van der Waals surface area contributed by atoms with E-state index in [2.05, 4.69) is 32.5 Å². The van der Waals surface area contributed by atoms with Crippen LogP contribution in [0.15, 0.2) is 45.3 Å². The number of nitrogens with zero attached hydrogens (tertiary/aromatic N) is 3. The zero-order valence-electron chi connectivity index (χ0n) is 21.3. The van der Waals surface area contributed by atoms with Gasteiger partial charge in [-0.05, 0) is 82.4 Å². The summed E-state index contributed by atoms with van der Waals surface area (Å²) in [5, 5.41) is 7.87. The van der Waals surface area contributed by atoms with Crippen molar-refractivity contribution in [1.82, 2.24) is 20.4 Å². The summed E-state index contributed by atoms with van der Waals surface area (Å²) < 4.78 is 16.4. The van der Waals surface area contributed by atoms with Crippen molar-refractivity contribution in [2.75, 3.05) is 26.7 Å². The van der Waals surface area contributed by atoms with Crippen LogP contribution in [0.3, 0.4) is 0 Å². The van der Waals surface area contributed by atoms with Crippen LogP contribution >= 0.6 is 0 Å². The van der Waals surface area contributed by atoms with Crippen LogP contribution in [-0.4, -0.2) is 47.7 Å². The van der Waals surface area contributed by atoms with Gasteiger partial charge >= 0.3 is 0 Å². The third-order valence-corrected chi connectivity index (χ3v) is 7.00. The highest BCUT2D eigenvalue weighted by Crippen LogP contribution is 2.30. The minimum Gasteiger partial charge on any atom is -0.497 e. The number of amides is 1. The molecule has 0 spiro atoms. The first kappa shape index (κ1) is 24.1. The van der Waals surface area contributed by atoms with Gasteiger partial charge in [-0.1, -0.05) is 17.3 Å². The number of benzene rings is 1. The average molecular weight is 489 g/mol. The van der Waals surface area contributed by atoms with Gasteiger partial charge in [0.15, 0.2) is 0 Å². The second-order valence-corrected chi connectivity index (χ2v) is 9.61. The van der Waals surface area contributed by atoms with Gasteiger partial charge in [-0.2, -0.15) is 0 Å². The number of methoxy groups -OCH3 is 1. The lowest BCUT2D eigenvalue weighted by molar-refractivity contribution is 0.0936. The maximum Gasteiger partial charge on any atom is 0.259 e. The standard InChI is InChI=1S/C28H32N4O4/c1-17-13-23(19(3)35-17)25-14-24(26-18(2)31-36-28(26)30-25)27(33)29-15-20-9-11-32(12-10-20)16-21-5-7-22(34-4)8-6-21/h5-8,13-14,20H,9-12,15-16H2,1-4H3,(H,29,33). The molecule has 8 nitrogen and oxygen atoms in total. The summed E-state index contributed by atoms with van der Waals surface area (Å²) in [5.41, 5.74) is 4.32. The van der Waals surface area contributed by atoms with E-state index in [-0.39, 0.29) is 5.91 Å². The Kier molecular flexibility index (Phi) is 6.78. The topological polar surface area (TPSA) is 93.6 Å². The van der Waals surface area contributed by atoms with Crippen molar-refractivity contribution in [1.29, 1.82) is 0 Å². The summed E-state index contributed by atoms with van der Waals surface area (Å²) in [6.07, 6.45) is 2.10. The maximum absolute atomic E-state index is 13.3. The lowest BCUT2D eigenvalue weighted by Crippen LogP contribution is -2.38. The first-order valence-corrected chi connectivity index (χ1v) is 12.4. The second kappa shape index (κ2) is 10.1. The fraction of sp³-hybridized carbons (Fsp3) is 0.393. The predicted octanol–water partition coefficient (Wildman–Crippen LogP) is 5.06. The van der Waals surface area contributed by atoms with Crippen molar-refractivity contribution >= 4 is 17.0 Å². The summed E-state index contributed by atoms with van der Waals surface area (Å²) in [5.74, 6) is 2.74. The number of rotatable bonds is 7. The quantitative estimate of drug-likeness (QED) is 0.389. The lowest BCUT2D eigenvalue weighted by Gasteiger charge is -2.32. The third-order valence-electron chi connectivity index (χ3n) is 7.00. The van der Waals surface area contributed by atoms with Gasteiger partial charge in [0.25, 0.3) is 11.6 Å². The van der Waals surface area contributed by atoms with E-state index in [9.17, 15) is 4.79 Å². The molecular weight excluding hydrogens is 456 g/mol. The number of carbonyl (C=O) groups is 1. The number of aryl methyl sites for hydroxylation is 3. The van der Waals surface area contributed by atoms with Crippen LogP contribution in [0.1, 0.15) is 46.0 Å². The molecule has 0 saturated carbocycles. The zero-order valence-corrected chi connectivity index (χ0v) is 21.3. The summed E-state index contributed by atoms with van der Waals surface area (Å²) in [6, 6.07) is 12.0. The summed E-state index contributed by atoms with van der Waals surface area (Å²) in [7, 11) is 1.68. The van der Waals surface area contributed by atoms with E-state index in [0.717, 1.165) is 55.3 Å². The molecule has 188 valence electrons. The number of likely N-dealkylation sites (tertiary alicyclic amines) is 1. The highest BCUT2D eigenvalue weighted by atomic mass is 16.5. The SMILES string of the molecule is COc1ccc(CN2CCC(CNC(=O)c3cc(-c4cc(C)oc4C)nc4onc(C)c34)CC2)cc1. The molecule has 0 unspecified atom stereocenters. The second-order valence-electron chi connectivity index (χ2n) is 9.61. The van der Waals surface area contributed by atoms with Gasteiger partial charge in [0, 0.05) is 18.7 Å². The van der Waals surface area contributed by atoms with Gasteiger partial charge in [-0.15, -0.1) is 0 Å². The molecule has 1 aromatic carbocycles. The van der Waals surface area contributed by atoms with Crippen LogP contribution in [0.25, 0.3) is 22.4 Å². The van der Waals surface area contributed by atoms with Gasteiger partial charge in [-0.3, -0.25) is 9.69 Å². The van der Waals surface area contributed by atoms with Crippen molar-refractivity contribution in [3.05, 3.63) is 64.7 Å². The average Bonchev–Trinajstić information content (AvgIpc) is 3.44. The number of pyridine rings is 1. The van der Waals surface area contributed by atoms with Crippen molar-refractivity contribution < 1.29 is 18.5 Å². The van der Waals surface area contributed by atoms with Crippen molar-refractivity contribution in [3.8, 4) is 17.0 Å². The molecule has 1 aliphatic rings. The minimum absolute atomic E-state index is 0.131. The normalized spacial score (nSPS) is 14.9. The van der Waals surface area contributed by atoms with Gasteiger partial charge in [-0.25, -0.2) is 4.98 Å². The van der Waals surface area contributed by atoms with Crippen molar-refractivity contribution in [2.24, 2.45) is 5.92 Å². The summed E-state index contributed by atoms with van der Waals surface area (Å²) in [4.78, 5) is 20.4. The number of nitrogens with one attached hydrogen (secondary N) is 1. The highest BCUT2D eigenvalue weighted by Gasteiger charge is 2.23. The Hall–Kier alpha value is -3.65. The Labute approximate surface area is 210 Å². The highest BCUT2D eigenvalue weighted by molar-refractivity contribution is 6.07. The Balaban J connectivity index is 1.23. The predicted molar refractivity (Wildman–Crippen MR) is 137 cm³/mol. The largest absolute Gasteiger partial charge is 0.497 e. The minimum atomic E-state index is -0.131. The molecule has 3 aromatic heterocycles. The summed E-state index contributed by atoms with van der Waals surface area (Å²) >= 11 is 0. The van der Waals surface area contributed by atoms with Crippen LogP contribution in [0.2, 0.25) is 0 Å². The van der Waals surface area contributed by atoms with E-state index < -0.39 is 0 Å². The number of furan rings is 1. The molecule has 0 radical (unpaired) electrons. The molecule has 1 saturated heterocycles. The van der Waals surface area contributed by atoms with Crippen LogP contribution in [-0.2, 0) is 6.54 Å². The number of fused-ring (bicyclic) bond motifs is 1. The Bertz CT molecular complexity index is 1360. The molecule has 1 amide bonds. The van der Waals surface area contributed by atoms with Gasteiger partial charge < -0.3 is 19.0 Å². The van der Waals surface area contributed by atoms with E-state index in [1.807, 2.05) is 45.0 Å². The van der Waals surface area contributed by atoms with Gasteiger partial charge in [0.2, 0.25) is 0 Å². The number of hydrogen-bond donors (Lipinski definition) is 1. The first-order valence-electron chi connectivity index (χ1n) is 12.4. The smallest absolute Gasteiger partial charge is 0.259 e. The molecule has 1 N–H and O–H groups in total. The molecule has 1 aliphatic heterocycles. The van der Waals surface area contributed by atoms with E-state index in [1.165, 1.54) is 5.56 Å². The van der Waals surface area contributed by atoms with Gasteiger partial charge in [0.05, 0.1) is 29.4 Å². The number of piperidine rings is 1. The molecule has 0 aliphatic carbocycles. The fourth-order valence-electron chi connectivity index (χ4n) is 4.97. The number of aromatic nitrogens is 2. The number of hydrogen-bond acceptors (Lipinski definition) is 7. The third kappa shape index (κ3) is 4.99. The Morgan fingerprint density at radius 2 is 1.89 bits per heavy atom. The Morgan fingerprint density at radius 1 is 1.14 bits per heavy atom. The van der Waals surface area contributed by atoms with E-state index >= 15 is 0 Å². The molecule has 36 heavy (non-hydrogen) atoms. The molecular formula is C28H32N4O4. The number of ether oxygens (including phenoxy) is 1. The van der Waals surface area contributed by atoms with Crippen molar-refractivity contribution in [2.45, 2.75) is 40.2 Å². The van der Waals surface area contributed by atoms with E-state index in [1.54, 1.807) is 7.11 Å². The fourth-order valence-corrected chi connectivity index (χ4v) is 4.97. The van der Waals surface area contributed by atoms with Gasteiger partial charge in [0.1, 0.15) is 17.3 Å². The van der Waals surface area contributed by atoms with Crippen LogP contribution < -0.4 is 10.1 Å². The number of carbonyl (C=O) groups excluding carboxylic acids is 1. The van der Waals surface area contributed by atoms with Crippen LogP contribution in [0, 0.1) is 26.7 Å². The molecule has 4 aromatic rings. The lowest BCUT2D eigenvalue weighted by atomic mass is 9.96. The Morgan fingerprint density at radius 3 is 2.56 bits per heavy atom. The monoisotopic (exact) mass is 488 g/mol. The molecule has 5 rings (SSSR count). The van der Waals surface area contributed by atoms with Crippen LogP contribution in [0.4, 0.5) is 0 Å². The van der Waals surface area contributed by atoms with E-state index in [0.29, 0.717) is 40.5 Å². The molecule has 0 bridgehead atoms. The molecule has 4 heterocycles. The first-order chi connectivity index (χ1) is 17.4. The molecule has 1 fully saturated rings. The maximum atomic E-state index is 13.3. The summed E-state index contributed by atoms with van der Waals surface area (Å²) in [6.45, 7) is 9.21. The van der Waals surface area contributed by atoms with Crippen molar-refractivity contribution in [3.63, 3.8) is 0 Å². The van der Waals surface area contributed by atoms with E-state index in [4.69, 9.17) is 13.7 Å². The molecule has 8 heteroatoms. The van der Waals surface area contributed by atoms with Crippen LogP contribution in [0.5, 0.6) is 5.75 Å². The zero-order chi connectivity index (χ0) is 25.2. The molecule has 0 atom stereocenters.